The number of benzene rings is 1. The van der Waals surface area contributed by atoms with E-state index in [9.17, 15) is 14.1 Å². The van der Waals surface area contributed by atoms with E-state index in [0.29, 0.717) is 6.61 Å². The minimum Gasteiger partial charge on any atom is 0 e. The van der Waals surface area contributed by atoms with Crippen LogP contribution in [0.2, 0.25) is 0 Å². The Kier molecular flexibility index (Phi) is 8.80. The largest absolute Gasteiger partial charge is 0 e. The summed E-state index contributed by atoms with van der Waals surface area (Å²) in [4.78, 5) is 1.08. The van der Waals surface area contributed by atoms with Crippen LogP contribution in [0.25, 0.3) is 0 Å². The van der Waals surface area contributed by atoms with E-state index in [1.54, 1.807) is 6.08 Å². The van der Waals surface area contributed by atoms with Gasteiger partial charge in [-0.3, -0.25) is 0 Å². The van der Waals surface area contributed by atoms with E-state index in [-0.39, 0.29) is 6.13 Å². The van der Waals surface area contributed by atoms with Gasteiger partial charge in [0.05, 0.1) is 0 Å². The van der Waals surface area contributed by atoms with Gasteiger partial charge in [-0.2, -0.15) is 0 Å². The van der Waals surface area contributed by atoms with Crippen molar-refractivity contribution in [1.82, 2.24) is 0 Å². The van der Waals surface area contributed by atoms with Crippen LogP contribution in [-0.4, -0.2) is 26.9 Å². The molecule has 0 radical (unpaired) electrons. The fourth-order valence-corrected chi connectivity index (χ4v) is 1.75. The summed E-state index contributed by atoms with van der Waals surface area (Å²) in [6.45, 7) is 8.25. The molecule has 0 aromatic heterocycles. The summed E-state index contributed by atoms with van der Waals surface area (Å²) in [6, 6.07) is 4.09. The number of halogens is 6. The second-order valence-electron chi connectivity index (χ2n) is 3.68. The monoisotopic (exact) mass is 432 g/mol. The molecule has 0 bridgehead atoms. The molecule has 1 aromatic rings. The smallest absolute Gasteiger partial charge is 0 e. The van der Waals surface area contributed by atoms with Crippen molar-refractivity contribution in [2.75, 3.05) is 6.61 Å². The average molecular weight is 433 g/mol. The van der Waals surface area contributed by atoms with Crippen LogP contribution in [0.5, 0.6) is 5.75 Å². The van der Waals surface area contributed by atoms with Crippen molar-refractivity contribution < 1.29 is 24.9 Å². The Hall–Kier alpha value is -0.492. The van der Waals surface area contributed by atoms with Crippen molar-refractivity contribution in [2.24, 2.45) is 0 Å². The van der Waals surface area contributed by atoms with Crippen LogP contribution in [0.4, 0.5) is 14.1 Å². The van der Waals surface area contributed by atoms with Gasteiger partial charge in [0.15, 0.2) is 4.90 Å². The SMILES string of the molecule is C=CCOc1c(C)cc([SH2+])cc1C.[F-].[F][Sb]([F])([F])([F])[F].[HH]. The fourth-order valence-electron chi connectivity index (χ4n) is 1.32. The van der Waals surface area contributed by atoms with Gasteiger partial charge in [-0.1, -0.05) is 12.7 Å². The van der Waals surface area contributed by atoms with Gasteiger partial charge >= 0.3 is 34.4 Å². The standard InChI is InChI=1S/C11H14OS.6FH.Sb.H2/c1-4-5-12-11-8(2)6-10(13)7-9(11)3;;;;;;;;/h4,6-7,13H,1,5H2,2-3H3;6*1H;;1H/q;;;;;;;+5;/p-5. The maximum Gasteiger partial charge on any atom is 0 e. The van der Waals surface area contributed by atoms with E-state index in [2.05, 4.69) is 19.2 Å². The van der Waals surface area contributed by atoms with Gasteiger partial charge in [0.1, 0.15) is 12.4 Å². The molecule has 0 N–H and O–H groups in total. The van der Waals surface area contributed by atoms with Crippen LogP contribution in [0.15, 0.2) is 29.7 Å². The molecule has 20 heavy (non-hydrogen) atoms. The van der Waals surface area contributed by atoms with Gasteiger partial charge in [0.25, 0.3) is 0 Å². The third-order valence-electron chi connectivity index (χ3n) is 1.81. The molecule has 0 amide bonds. The van der Waals surface area contributed by atoms with Crippen molar-refractivity contribution in [2.45, 2.75) is 18.7 Å². The molecular weight excluding hydrogens is 416 g/mol. The predicted octanol–water partition coefficient (Wildman–Crippen LogP) is 1.21. The molecule has 1 rings (SSSR count). The Morgan fingerprint density at radius 2 is 1.55 bits per heavy atom. The number of hydrogen-bond donors (Lipinski definition) is 0. The van der Waals surface area contributed by atoms with E-state index in [1.807, 2.05) is 26.0 Å². The van der Waals surface area contributed by atoms with Gasteiger partial charge in [0, 0.05) is 1.43 Å². The van der Waals surface area contributed by atoms with Crippen molar-refractivity contribution in [3.63, 3.8) is 0 Å². The molecule has 0 atom stereocenters. The van der Waals surface area contributed by atoms with Crippen LogP contribution < -0.4 is 9.44 Å². The number of hydrogen-bond acceptors (Lipinski definition) is 1. The number of ether oxygens (including phenoxy) is 1. The number of rotatable bonds is 3. The summed E-state index contributed by atoms with van der Waals surface area (Å²) >= 11 is -5.70. The van der Waals surface area contributed by atoms with Crippen LogP contribution in [0, 0.1) is 13.8 Å². The third-order valence-corrected chi connectivity index (χ3v) is 2.09. The van der Waals surface area contributed by atoms with Gasteiger partial charge in [-0.05, 0) is 49.7 Å². The second kappa shape index (κ2) is 8.07. The summed E-state index contributed by atoms with van der Waals surface area (Å²) < 4.78 is 55.1. The molecule has 0 saturated carbocycles. The molecular formula is C11H17F6OSSb. The Morgan fingerprint density at radius 1 is 1.20 bits per heavy atom. The Morgan fingerprint density at radius 3 is 1.85 bits per heavy atom. The first kappa shape index (κ1) is 21.8. The van der Waals surface area contributed by atoms with Gasteiger partial charge in [-0.25, -0.2) is 0 Å². The molecule has 0 saturated heterocycles. The Balaban J connectivity index is -0.000000352. The van der Waals surface area contributed by atoms with Crippen LogP contribution >= 0.6 is 0 Å². The topological polar surface area (TPSA) is 9.23 Å². The molecule has 1 aromatic carbocycles. The Labute approximate surface area is 125 Å². The van der Waals surface area contributed by atoms with Crippen molar-refractivity contribution >= 4 is 32.9 Å². The summed E-state index contributed by atoms with van der Waals surface area (Å²) in [7, 11) is 0. The zero-order valence-electron chi connectivity index (χ0n) is 10.8. The van der Waals surface area contributed by atoms with Gasteiger partial charge in [0.2, 0.25) is 0 Å². The molecule has 120 valence electrons. The molecule has 9 heteroatoms. The first-order valence-electron chi connectivity index (χ1n) is 5.06. The molecule has 0 heterocycles. The van der Waals surface area contributed by atoms with E-state index in [1.165, 1.54) is 0 Å². The summed E-state index contributed by atoms with van der Waals surface area (Å²) in [5.41, 5.74) is 2.29. The van der Waals surface area contributed by atoms with Crippen LogP contribution in [0.1, 0.15) is 12.6 Å². The summed E-state index contributed by atoms with van der Waals surface area (Å²) in [5.74, 6) is 0.960. The van der Waals surface area contributed by atoms with Crippen molar-refractivity contribution in [3.05, 3.63) is 35.9 Å². The first-order valence-corrected chi connectivity index (χ1v) is 10.4. The summed E-state index contributed by atoms with van der Waals surface area (Å²) in [6.07, 6.45) is 1.75. The molecule has 0 aliphatic heterocycles. The molecule has 1 nitrogen and oxygen atoms in total. The molecule has 0 unspecified atom stereocenters. The zero-order valence-corrected chi connectivity index (χ0v) is 14.3. The van der Waals surface area contributed by atoms with Crippen molar-refractivity contribution in [3.8, 4) is 5.75 Å². The van der Waals surface area contributed by atoms with Gasteiger partial charge in [-0.15, -0.1) is 0 Å². The minimum atomic E-state index is -9.19. The molecule has 0 spiro atoms. The molecule has 0 fully saturated rings. The summed E-state index contributed by atoms with van der Waals surface area (Å²) in [5, 5.41) is 0. The van der Waals surface area contributed by atoms with Crippen molar-refractivity contribution in [1.29, 1.82) is 0 Å². The van der Waals surface area contributed by atoms with Crippen LogP contribution in [0.3, 0.4) is 0 Å². The third kappa shape index (κ3) is 12.5. The van der Waals surface area contributed by atoms with E-state index < -0.39 is 20.3 Å². The van der Waals surface area contributed by atoms with E-state index >= 15 is 0 Å². The molecule has 0 aliphatic carbocycles. The Bertz CT molecular complexity index is 424. The fraction of sp³-hybridized carbons (Fsp3) is 0.273. The second-order valence-corrected chi connectivity index (χ2v) is 7.90. The van der Waals surface area contributed by atoms with E-state index in [0.717, 1.165) is 21.8 Å². The van der Waals surface area contributed by atoms with Crippen LogP contribution in [-0.2, 0) is 12.6 Å². The zero-order chi connectivity index (χ0) is 15.3. The van der Waals surface area contributed by atoms with E-state index in [4.69, 9.17) is 4.74 Å². The quantitative estimate of drug-likeness (QED) is 0.302. The normalized spacial score (nSPS) is 12.1. The average Bonchev–Trinajstić information content (AvgIpc) is 2.12. The maximum absolute atomic E-state index is 9.91. The first-order chi connectivity index (χ1) is 8.38. The number of aryl methyl sites for hydroxylation is 2. The van der Waals surface area contributed by atoms with Gasteiger partial charge < -0.3 is 9.44 Å². The molecule has 0 aliphatic rings. The predicted molar refractivity (Wildman–Crippen MR) is 73.4 cm³/mol. The minimum absolute atomic E-state index is 0. The maximum atomic E-state index is 9.91.